The van der Waals surface area contributed by atoms with E-state index in [0.29, 0.717) is 17.8 Å². The third kappa shape index (κ3) is 2.37. The molecule has 1 spiro atoms. The van der Waals surface area contributed by atoms with Crippen molar-refractivity contribution < 1.29 is 9.53 Å². The minimum Gasteiger partial charge on any atom is -0.373 e. The standard InChI is InChI=1S/C16H20N4O2/c21-15(13-5-4-8-20-11-17-19-14(13)20)18-12-9-16(22-10-12)6-2-1-3-7-16/h4-5,8,11-12H,1-3,6-7,9-10H2,(H,18,21)/t12-/m1/s1. The van der Waals surface area contributed by atoms with Gasteiger partial charge in [0, 0.05) is 6.20 Å². The molecule has 1 amide bonds. The van der Waals surface area contributed by atoms with E-state index >= 15 is 0 Å². The molecule has 3 heterocycles. The molecular formula is C16H20N4O2. The number of hydrogen-bond acceptors (Lipinski definition) is 4. The first kappa shape index (κ1) is 13.7. The molecule has 2 fully saturated rings. The van der Waals surface area contributed by atoms with Gasteiger partial charge in [-0.2, -0.15) is 0 Å². The van der Waals surface area contributed by atoms with Crippen LogP contribution in [0.3, 0.4) is 0 Å². The molecule has 1 atom stereocenters. The van der Waals surface area contributed by atoms with Gasteiger partial charge in [0.2, 0.25) is 0 Å². The van der Waals surface area contributed by atoms with Gasteiger partial charge in [-0.15, -0.1) is 10.2 Å². The van der Waals surface area contributed by atoms with Gasteiger partial charge >= 0.3 is 0 Å². The van der Waals surface area contributed by atoms with Crippen LogP contribution in [0.15, 0.2) is 24.7 Å². The number of fused-ring (bicyclic) bond motifs is 1. The average Bonchev–Trinajstić information content (AvgIpc) is 3.15. The van der Waals surface area contributed by atoms with Gasteiger partial charge in [0.25, 0.3) is 5.91 Å². The Morgan fingerprint density at radius 1 is 1.36 bits per heavy atom. The monoisotopic (exact) mass is 300 g/mol. The van der Waals surface area contributed by atoms with Crippen LogP contribution in [-0.4, -0.2) is 38.8 Å². The fourth-order valence-electron chi connectivity index (χ4n) is 3.77. The van der Waals surface area contributed by atoms with Crippen molar-refractivity contribution >= 4 is 11.6 Å². The van der Waals surface area contributed by atoms with E-state index in [1.54, 1.807) is 16.8 Å². The van der Waals surface area contributed by atoms with Gasteiger partial charge < -0.3 is 10.1 Å². The van der Waals surface area contributed by atoms with E-state index in [-0.39, 0.29) is 17.6 Å². The Morgan fingerprint density at radius 2 is 2.23 bits per heavy atom. The Hall–Kier alpha value is -1.95. The fraction of sp³-hybridized carbons (Fsp3) is 0.562. The molecule has 2 aromatic rings. The molecule has 6 heteroatoms. The van der Waals surface area contributed by atoms with Crippen molar-refractivity contribution in [3.8, 4) is 0 Å². The summed E-state index contributed by atoms with van der Waals surface area (Å²) in [6.07, 6.45) is 10.4. The van der Waals surface area contributed by atoms with E-state index < -0.39 is 0 Å². The fourth-order valence-corrected chi connectivity index (χ4v) is 3.77. The van der Waals surface area contributed by atoms with Crippen LogP contribution in [0.25, 0.3) is 5.65 Å². The van der Waals surface area contributed by atoms with Crippen LogP contribution >= 0.6 is 0 Å². The van der Waals surface area contributed by atoms with Crippen molar-refractivity contribution in [1.82, 2.24) is 19.9 Å². The normalized spacial score (nSPS) is 23.9. The average molecular weight is 300 g/mol. The van der Waals surface area contributed by atoms with Gasteiger partial charge in [0.05, 0.1) is 23.8 Å². The number of aromatic nitrogens is 3. The third-order valence-corrected chi connectivity index (χ3v) is 4.88. The molecule has 1 saturated heterocycles. The summed E-state index contributed by atoms with van der Waals surface area (Å²) >= 11 is 0. The molecule has 6 nitrogen and oxygen atoms in total. The Bertz CT molecular complexity index is 690. The molecular weight excluding hydrogens is 280 g/mol. The summed E-state index contributed by atoms with van der Waals surface area (Å²) in [5.74, 6) is -0.0972. The summed E-state index contributed by atoms with van der Waals surface area (Å²) in [4.78, 5) is 12.5. The van der Waals surface area contributed by atoms with Crippen molar-refractivity contribution in [2.45, 2.75) is 50.2 Å². The van der Waals surface area contributed by atoms with Gasteiger partial charge in [0.15, 0.2) is 5.65 Å². The summed E-state index contributed by atoms with van der Waals surface area (Å²) in [5.41, 5.74) is 1.16. The predicted octanol–water partition coefficient (Wildman–Crippen LogP) is 1.95. The van der Waals surface area contributed by atoms with Crippen molar-refractivity contribution in [3.63, 3.8) is 0 Å². The summed E-state index contributed by atoms with van der Waals surface area (Å²) in [6.45, 7) is 0.613. The quantitative estimate of drug-likeness (QED) is 0.920. The molecule has 4 rings (SSSR count). The number of carbonyl (C=O) groups is 1. The molecule has 2 aliphatic rings. The zero-order chi connectivity index (χ0) is 15.0. The van der Waals surface area contributed by atoms with Crippen molar-refractivity contribution in [2.24, 2.45) is 0 Å². The van der Waals surface area contributed by atoms with Crippen LogP contribution in [0.4, 0.5) is 0 Å². The Labute approximate surface area is 128 Å². The topological polar surface area (TPSA) is 68.5 Å². The highest BCUT2D eigenvalue weighted by molar-refractivity contribution is 5.99. The minimum absolute atomic E-state index is 0.0110. The van der Waals surface area contributed by atoms with Crippen LogP contribution in [0.5, 0.6) is 0 Å². The second kappa shape index (κ2) is 5.35. The summed E-state index contributed by atoms with van der Waals surface area (Å²) in [7, 11) is 0. The molecule has 0 bridgehead atoms. The third-order valence-electron chi connectivity index (χ3n) is 4.88. The van der Waals surface area contributed by atoms with Gasteiger partial charge in [-0.25, -0.2) is 0 Å². The minimum atomic E-state index is -0.0972. The number of carbonyl (C=O) groups excluding carboxylic acids is 1. The van der Waals surface area contributed by atoms with Crippen molar-refractivity contribution in [2.75, 3.05) is 6.61 Å². The van der Waals surface area contributed by atoms with Crippen LogP contribution in [-0.2, 0) is 4.74 Å². The van der Waals surface area contributed by atoms with Crippen LogP contribution in [0, 0.1) is 0 Å². The lowest BCUT2D eigenvalue weighted by molar-refractivity contribution is -0.0246. The van der Waals surface area contributed by atoms with E-state index in [1.165, 1.54) is 19.3 Å². The number of nitrogens with zero attached hydrogens (tertiary/aromatic N) is 3. The van der Waals surface area contributed by atoms with E-state index in [2.05, 4.69) is 15.5 Å². The predicted molar refractivity (Wildman–Crippen MR) is 80.6 cm³/mol. The van der Waals surface area contributed by atoms with Crippen LogP contribution < -0.4 is 5.32 Å². The number of ether oxygens (including phenoxy) is 1. The lowest BCUT2D eigenvalue weighted by Crippen LogP contribution is -2.37. The molecule has 1 aliphatic heterocycles. The Kier molecular flexibility index (Phi) is 3.33. The molecule has 2 aromatic heterocycles. The number of nitrogens with one attached hydrogen (secondary N) is 1. The largest absolute Gasteiger partial charge is 0.373 e. The van der Waals surface area contributed by atoms with Gasteiger partial charge in [0.1, 0.15) is 6.33 Å². The number of amides is 1. The lowest BCUT2D eigenvalue weighted by atomic mass is 9.82. The summed E-state index contributed by atoms with van der Waals surface area (Å²) in [5, 5.41) is 11.0. The highest BCUT2D eigenvalue weighted by atomic mass is 16.5. The Morgan fingerprint density at radius 3 is 3.09 bits per heavy atom. The highest BCUT2D eigenvalue weighted by Crippen LogP contribution is 2.39. The smallest absolute Gasteiger partial charge is 0.255 e. The van der Waals surface area contributed by atoms with Gasteiger partial charge in [-0.3, -0.25) is 9.20 Å². The molecule has 22 heavy (non-hydrogen) atoms. The molecule has 116 valence electrons. The first-order chi connectivity index (χ1) is 10.8. The number of hydrogen-bond donors (Lipinski definition) is 1. The molecule has 0 unspecified atom stereocenters. The SMILES string of the molecule is O=C(N[C@H]1COC2(CCCCC2)C1)c1cccn2cnnc12. The summed E-state index contributed by atoms with van der Waals surface area (Å²) in [6, 6.07) is 3.71. The zero-order valence-electron chi connectivity index (χ0n) is 12.5. The van der Waals surface area contributed by atoms with E-state index in [9.17, 15) is 4.79 Å². The van der Waals surface area contributed by atoms with Crippen molar-refractivity contribution in [1.29, 1.82) is 0 Å². The van der Waals surface area contributed by atoms with Crippen LogP contribution in [0.1, 0.15) is 48.9 Å². The van der Waals surface area contributed by atoms with E-state index in [4.69, 9.17) is 4.74 Å². The first-order valence-corrected chi connectivity index (χ1v) is 7.99. The maximum atomic E-state index is 12.5. The van der Waals surface area contributed by atoms with Gasteiger partial charge in [-0.1, -0.05) is 19.3 Å². The Balaban J connectivity index is 1.47. The zero-order valence-corrected chi connectivity index (χ0v) is 12.5. The maximum Gasteiger partial charge on any atom is 0.255 e. The molecule has 1 saturated carbocycles. The van der Waals surface area contributed by atoms with E-state index in [1.807, 2.05) is 12.3 Å². The summed E-state index contributed by atoms with van der Waals surface area (Å²) < 4.78 is 7.81. The lowest BCUT2D eigenvalue weighted by Gasteiger charge is -2.32. The number of pyridine rings is 1. The number of rotatable bonds is 2. The molecule has 1 aliphatic carbocycles. The van der Waals surface area contributed by atoms with Crippen LogP contribution in [0.2, 0.25) is 0 Å². The molecule has 0 aromatic carbocycles. The second-order valence-electron chi connectivity index (χ2n) is 6.41. The highest BCUT2D eigenvalue weighted by Gasteiger charge is 2.41. The molecule has 1 N–H and O–H groups in total. The van der Waals surface area contributed by atoms with Crippen molar-refractivity contribution in [3.05, 3.63) is 30.2 Å². The molecule has 0 radical (unpaired) electrons. The van der Waals surface area contributed by atoms with E-state index in [0.717, 1.165) is 19.3 Å². The first-order valence-electron chi connectivity index (χ1n) is 7.99. The van der Waals surface area contributed by atoms with Gasteiger partial charge in [-0.05, 0) is 31.4 Å². The second-order valence-corrected chi connectivity index (χ2v) is 6.41. The maximum absolute atomic E-state index is 12.5.